The van der Waals surface area contributed by atoms with Crippen LogP contribution in [0.4, 0.5) is 0 Å². The average Bonchev–Trinajstić information content (AvgIpc) is 3.10. The first-order valence-corrected chi connectivity index (χ1v) is 10.3. The fourth-order valence-electron chi connectivity index (χ4n) is 3.68. The van der Waals surface area contributed by atoms with E-state index in [1.165, 1.54) is 0 Å². The lowest BCUT2D eigenvalue weighted by Crippen LogP contribution is -2.46. The third-order valence-electron chi connectivity index (χ3n) is 5.07. The Hall–Kier alpha value is -0.870. The Morgan fingerprint density at radius 2 is 1.93 bits per heavy atom. The van der Waals surface area contributed by atoms with Gasteiger partial charge in [-0.1, -0.05) is 19.0 Å². The molecule has 1 aliphatic heterocycles. The van der Waals surface area contributed by atoms with E-state index in [0.717, 1.165) is 62.9 Å². The van der Waals surface area contributed by atoms with Crippen molar-refractivity contribution in [3.8, 4) is 0 Å². The lowest BCUT2D eigenvalue weighted by atomic mass is 9.99. The molecule has 0 aromatic carbocycles. The smallest absolute Gasteiger partial charge is 0.191 e. The van der Waals surface area contributed by atoms with Gasteiger partial charge in [-0.3, -0.25) is 9.89 Å². The summed E-state index contributed by atoms with van der Waals surface area (Å²) in [5.41, 5.74) is 1.05. The lowest BCUT2D eigenvalue weighted by Gasteiger charge is -2.35. The van der Waals surface area contributed by atoms with Gasteiger partial charge in [-0.15, -0.1) is 24.0 Å². The van der Waals surface area contributed by atoms with E-state index in [2.05, 4.69) is 59.4 Å². The Morgan fingerprint density at radius 3 is 2.54 bits per heavy atom. The zero-order valence-electron chi connectivity index (χ0n) is 18.0. The predicted molar refractivity (Wildman–Crippen MR) is 125 cm³/mol. The molecular weight excluding hydrogens is 469 g/mol. The highest BCUT2D eigenvalue weighted by atomic mass is 127. The van der Waals surface area contributed by atoms with E-state index < -0.39 is 0 Å². The summed E-state index contributed by atoms with van der Waals surface area (Å²) in [5.74, 6) is 2.11. The van der Waals surface area contributed by atoms with Crippen LogP contribution in [0.5, 0.6) is 0 Å². The topological polar surface area (TPSA) is 74.9 Å². The van der Waals surface area contributed by atoms with Crippen molar-refractivity contribution < 1.29 is 9.26 Å². The Kier molecular flexibility index (Phi) is 12.0. The number of hydrogen-bond acceptors (Lipinski definition) is 5. The summed E-state index contributed by atoms with van der Waals surface area (Å²) >= 11 is 0. The molecular formula is C20H38IN5O2. The van der Waals surface area contributed by atoms with Crippen LogP contribution >= 0.6 is 24.0 Å². The summed E-state index contributed by atoms with van der Waals surface area (Å²) in [4.78, 5) is 6.76. The Balaban J connectivity index is 0.00000392. The van der Waals surface area contributed by atoms with Gasteiger partial charge < -0.3 is 19.9 Å². The number of halogens is 1. The van der Waals surface area contributed by atoms with Crippen molar-refractivity contribution in [2.24, 2.45) is 4.99 Å². The van der Waals surface area contributed by atoms with E-state index in [9.17, 15) is 0 Å². The molecule has 28 heavy (non-hydrogen) atoms. The molecule has 0 spiro atoms. The number of nitrogens with one attached hydrogen (secondary N) is 2. The van der Waals surface area contributed by atoms with Gasteiger partial charge in [0, 0.05) is 45.2 Å². The summed E-state index contributed by atoms with van der Waals surface area (Å²) in [6.45, 7) is 13.2. The number of nitrogens with zero attached hydrogens (tertiary/aromatic N) is 3. The molecule has 0 radical (unpaired) electrons. The van der Waals surface area contributed by atoms with Crippen molar-refractivity contribution in [2.45, 2.75) is 71.6 Å². The zero-order valence-corrected chi connectivity index (χ0v) is 20.4. The molecule has 2 N–H and O–H groups in total. The van der Waals surface area contributed by atoms with Crippen molar-refractivity contribution in [1.29, 1.82) is 0 Å². The highest BCUT2D eigenvalue weighted by molar-refractivity contribution is 14.0. The number of guanidine groups is 1. The number of morpholine rings is 1. The quantitative estimate of drug-likeness (QED) is 0.231. The highest BCUT2D eigenvalue weighted by Crippen LogP contribution is 2.22. The molecule has 2 unspecified atom stereocenters. The van der Waals surface area contributed by atoms with Gasteiger partial charge in [-0.05, 0) is 33.1 Å². The maximum absolute atomic E-state index is 5.78. The van der Waals surface area contributed by atoms with Gasteiger partial charge >= 0.3 is 0 Å². The van der Waals surface area contributed by atoms with Crippen molar-refractivity contribution in [3.05, 3.63) is 17.5 Å². The molecule has 0 aliphatic carbocycles. The van der Waals surface area contributed by atoms with Crippen LogP contribution < -0.4 is 10.6 Å². The third kappa shape index (κ3) is 8.24. The minimum Gasteiger partial charge on any atom is -0.373 e. The van der Waals surface area contributed by atoms with Crippen LogP contribution in [0.25, 0.3) is 0 Å². The maximum Gasteiger partial charge on any atom is 0.191 e. The van der Waals surface area contributed by atoms with Gasteiger partial charge in [0.2, 0.25) is 0 Å². The Labute approximate surface area is 187 Å². The van der Waals surface area contributed by atoms with Crippen LogP contribution in [0.1, 0.15) is 64.3 Å². The molecule has 1 aliphatic rings. The highest BCUT2D eigenvalue weighted by Gasteiger charge is 2.21. The second-order valence-corrected chi connectivity index (χ2v) is 7.45. The summed E-state index contributed by atoms with van der Waals surface area (Å²) in [7, 11) is 1.79. The van der Waals surface area contributed by atoms with Gasteiger partial charge in [-0.25, -0.2) is 0 Å². The summed E-state index contributed by atoms with van der Waals surface area (Å²) in [6.07, 6.45) is 3.88. The SMILES string of the molecule is CCC(CC)c1cc(CNC(=NC)NCCCN2CC(C)OC(C)C2)on1.I. The second-order valence-electron chi connectivity index (χ2n) is 7.45. The summed E-state index contributed by atoms with van der Waals surface area (Å²) in [5, 5.41) is 10.9. The fraction of sp³-hybridized carbons (Fsp3) is 0.800. The molecule has 1 saturated heterocycles. The van der Waals surface area contributed by atoms with Crippen molar-refractivity contribution in [2.75, 3.05) is 33.2 Å². The number of aliphatic imine (C=N–C) groups is 1. The predicted octanol–water partition coefficient (Wildman–Crippen LogP) is 3.36. The minimum absolute atomic E-state index is 0. The van der Waals surface area contributed by atoms with Gasteiger partial charge in [0.05, 0.1) is 24.4 Å². The van der Waals surface area contributed by atoms with Crippen molar-refractivity contribution in [1.82, 2.24) is 20.7 Å². The summed E-state index contributed by atoms with van der Waals surface area (Å²) < 4.78 is 11.2. The second kappa shape index (κ2) is 13.4. The van der Waals surface area contributed by atoms with Crippen LogP contribution in [0, 0.1) is 0 Å². The van der Waals surface area contributed by atoms with Crippen molar-refractivity contribution in [3.63, 3.8) is 0 Å². The number of rotatable bonds is 9. The monoisotopic (exact) mass is 507 g/mol. The molecule has 2 heterocycles. The lowest BCUT2D eigenvalue weighted by molar-refractivity contribution is -0.0679. The Morgan fingerprint density at radius 1 is 1.25 bits per heavy atom. The van der Waals surface area contributed by atoms with Gasteiger partial charge in [-0.2, -0.15) is 0 Å². The van der Waals surface area contributed by atoms with Crippen LogP contribution in [0.15, 0.2) is 15.6 Å². The van der Waals surface area contributed by atoms with E-state index in [4.69, 9.17) is 9.26 Å². The van der Waals surface area contributed by atoms with E-state index in [1.54, 1.807) is 7.05 Å². The van der Waals surface area contributed by atoms with Gasteiger partial charge in [0.15, 0.2) is 11.7 Å². The molecule has 1 aromatic heterocycles. The first kappa shape index (κ1) is 25.2. The fourth-order valence-corrected chi connectivity index (χ4v) is 3.68. The standard InChI is InChI=1S/C20H37N5O2.HI/c1-6-17(7-2)19-11-18(27-24-19)12-23-20(21-5)22-9-8-10-25-13-15(3)26-16(4)14-25;/h11,15-17H,6-10,12-14H2,1-5H3,(H2,21,22,23);1H. The first-order valence-electron chi connectivity index (χ1n) is 10.3. The van der Waals surface area contributed by atoms with Crippen molar-refractivity contribution >= 4 is 29.9 Å². The molecule has 1 fully saturated rings. The van der Waals surface area contributed by atoms with Crippen LogP contribution in [0.3, 0.4) is 0 Å². The zero-order chi connectivity index (χ0) is 19.6. The van der Waals surface area contributed by atoms with Crippen LogP contribution in [0.2, 0.25) is 0 Å². The minimum atomic E-state index is 0. The molecule has 162 valence electrons. The third-order valence-corrected chi connectivity index (χ3v) is 5.07. The average molecular weight is 507 g/mol. The molecule has 2 atom stereocenters. The van der Waals surface area contributed by atoms with Gasteiger partial charge in [0.25, 0.3) is 0 Å². The number of aromatic nitrogens is 1. The summed E-state index contributed by atoms with van der Waals surface area (Å²) in [6, 6.07) is 2.05. The van der Waals surface area contributed by atoms with Crippen LogP contribution in [-0.4, -0.2) is 61.5 Å². The normalized spacial score (nSPS) is 20.9. The number of ether oxygens (including phenoxy) is 1. The number of hydrogen-bond donors (Lipinski definition) is 2. The largest absolute Gasteiger partial charge is 0.373 e. The molecule has 7 nitrogen and oxygen atoms in total. The van der Waals surface area contributed by atoms with Crippen LogP contribution in [-0.2, 0) is 11.3 Å². The molecule has 0 amide bonds. The molecule has 1 aromatic rings. The molecule has 0 saturated carbocycles. The molecule has 2 rings (SSSR count). The molecule has 0 bridgehead atoms. The van der Waals surface area contributed by atoms with E-state index >= 15 is 0 Å². The van der Waals surface area contributed by atoms with E-state index in [0.29, 0.717) is 24.7 Å². The molecule has 8 heteroatoms. The Bertz CT molecular complexity index is 567. The first-order chi connectivity index (χ1) is 13.0. The maximum atomic E-state index is 5.78. The van der Waals surface area contributed by atoms with E-state index in [1.807, 2.05) is 0 Å². The van der Waals surface area contributed by atoms with E-state index in [-0.39, 0.29) is 24.0 Å². The van der Waals surface area contributed by atoms with Gasteiger partial charge in [0.1, 0.15) is 0 Å².